The van der Waals surface area contributed by atoms with Crippen molar-refractivity contribution in [1.82, 2.24) is 0 Å². The van der Waals surface area contributed by atoms with Gasteiger partial charge in [-0.25, -0.2) is 0 Å². The maximum Gasteiger partial charge on any atom is 0.0653 e. The quantitative estimate of drug-likeness (QED) is 0.117. The summed E-state index contributed by atoms with van der Waals surface area (Å²) in [6, 6.07) is 0. The summed E-state index contributed by atoms with van der Waals surface area (Å²) in [5.41, 5.74) is 1.51. The van der Waals surface area contributed by atoms with Gasteiger partial charge >= 0.3 is 0 Å². The van der Waals surface area contributed by atoms with Crippen LogP contribution in [-0.2, 0) is 0 Å². The first-order valence-corrected chi connectivity index (χ1v) is 11.6. The number of unbranched alkanes of at least 4 members (excludes halogenated alkanes) is 11. The highest BCUT2D eigenvalue weighted by molar-refractivity contribution is 6.08. The molecule has 0 aromatic rings. The minimum Gasteiger partial charge on any atom is -0.0999 e. The van der Waals surface area contributed by atoms with Crippen LogP contribution in [0.4, 0.5) is 0 Å². The molecule has 1 atom stereocenters. The minimum atomic E-state index is 0.846. The molecule has 0 saturated carbocycles. The molecule has 0 aromatic heterocycles. The Hall–Kier alpha value is -0.195. The van der Waals surface area contributed by atoms with Crippen molar-refractivity contribution in [2.24, 2.45) is 5.92 Å². The molecule has 0 amide bonds. The Kier molecular flexibility index (Phi) is 20.0. The third-order valence-electron chi connectivity index (χ3n) is 5.49. The van der Waals surface area contributed by atoms with Gasteiger partial charge in [-0.2, -0.15) is 0 Å². The number of rotatable bonds is 20. The van der Waals surface area contributed by atoms with Gasteiger partial charge in [0.15, 0.2) is 0 Å². The van der Waals surface area contributed by atoms with Crippen LogP contribution < -0.4 is 0 Å². The van der Waals surface area contributed by atoms with Crippen molar-refractivity contribution in [3.63, 3.8) is 0 Å². The van der Waals surface area contributed by atoms with Gasteiger partial charge in [-0.1, -0.05) is 129 Å². The Morgan fingerprint density at radius 1 is 0.680 bits per heavy atom. The summed E-state index contributed by atoms with van der Waals surface area (Å²) in [6.07, 6.45) is 25.5. The molecular weight excluding hydrogens is 299 g/mol. The fraction of sp³-hybridized carbons (Fsp3) is 0.917. The van der Waals surface area contributed by atoms with Gasteiger partial charge in [0, 0.05) is 0 Å². The molecule has 0 aliphatic rings. The zero-order valence-electron chi connectivity index (χ0n) is 17.8. The molecule has 0 heterocycles. The molecule has 1 heteroatoms. The Morgan fingerprint density at radius 3 is 1.76 bits per heavy atom. The molecule has 0 saturated heterocycles. The van der Waals surface area contributed by atoms with E-state index in [1.54, 1.807) is 0 Å². The zero-order chi connectivity index (χ0) is 18.6. The predicted molar refractivity (Wildman–Crippen MR) is 118 cm³/mol. The molecule has 0 N–H and O–H groups in total. The standard InChI is InChI=1S/C24H47B/c1-4-6-8-10-11-16-20-24(19-15-9-7-5-2)22-23(3)18-14-12-13-17-21-25/h24H,3-22H2,1-2H3. The monoisotopic (exact) mass is 346 g/mol. The van der Waals surface area contributed by atoms with E-state index in [2.05, 4.69) is 20.4 Å². The fourth-order valence-corrected chi connectivity index (χ4v) is 3.80. The van der Waals surface area contributed by atoms with Gasteiger partial charge in [0.2, 0.25) is 0 Å². The summed E-state index contributed by atoms with van der Waals surface area (Å²) in [7, 11) is 5.57. The van der Waals surface area contributed by atoms with E-state index >= 15 is 0 Å². The van der Waals surface area contributed by atoms with E-state index < -0.39 is 0 Å². The lowest BCUT2D eigenvalue weighted by molar-refractivity contribution is 0.397. The van der Waals surface area contributed by atoms with Gasteiger partial charge in [-0.3, -0.25) is 0 Å². The van der Waals surface area contributed by atoms with Crippen LogP contribution in [0.2, 0.25) is 6.32 Å². The van der Waals surface area contributed by atoms with E-state index in [9.17, 15) is 0 Å². The Morgan fingerprint density at radius 2 is 1.16 bits per heavy atom. The van der Waals surface area contributed by atoms with E-state index in [1.807, 2.05) is 0 Å². The Balaban J connectivity index is 3.95. The lowest BCUT2D eigenvalue weighted by Crippen LogP contribution is -2.03. The van der Waals surface area contributed by atoms with Crippen molar-refractivity contribution in [2.45, 2.75) is 136 Å². The maximum atomic E-state index is 5.57. The SMILES string of the molecule is [B]CCCCCCC(=C)CC(CCCCCC)CCCCCCCC. The van der Waals surface area contributed by atoms with E-state index in [-0.39, 0.29) is 0 Å². The molecule has 146 valence electrons. The molecular formula is C24H47B. The molecule has 25 heavy (non-hydrogen) atoms. The first-order chi connectivity index (χ1) is 12.2. The zero-order valence-corrected chi connectivity index (χ0v) is 17.8. The third kappa shape index (κ3) is 18.4. The molecule has 1 unspecified atom stereocenters. The van der Waals surface area contributed by atoms with Gasteiger partial charge in [0.1, 0.15) is 0 Å². The summed E-state index contributed by atoms with van der Waals surface area (Å²) >= 11 is 0. The molecule has 0 aliphatic carbocycles. The number of allylic oxidation sites excluding steroid dienone is 1. The normalized spacial score (nSPS) is 12.4. The van der Waals surface area contributed by atoms with Gasteiger partial charge in [0.25, 0.3) is 0 Å². The second-order valence-electron chi connectivity index (χ2n) is 8.18. The number of hydrogen-bond donors (Lipinski definition) is 0. The summed E-state index contributed by atoms with van der Waals surface area (Å²) < 4.78 is 0. The van der Waals surface area contributed by atoms with Crippen LogP contribution in [0.5, 0.6) is 0 Å². The molecule has 0 bridgehead atoms. The number of hydrogen-bond acceptors (Lipinski definition) is 0. The topological polar surface area (TPSA) is 0 Å². The van der Waals surface area contributed by atoms with Crippen LogP contribution in [0.3, 0.4) is 0 Å². The highest BCUT2D eigenvalue weighted by Gasteiger charge is 2.10. The lowest BCUT2D eigenvalue weighted by Gasteiger charge is -2.18. The first kappa shape index (κ1) is 24.8. The molecule has 0 aliphatic heterocycles. The van der Waals surface area contributed by atoms with Crippen molar-refractivity contribution in [1.29, 1.82) is 0 Å². The molecule has 0 fully saturated rings. The maximum absolute atomic E-state index is 5.57. The first-order valence-electron chi connectivity index (χ1n) is 11.6. The third-order valence-corrected chi connectivity index (χ3v) is 5.49. The van der Waals surface area contributed by atoms with E-state index in [1.165, 1.54) is 121 Å². The summed E-state index contributed by atoms with van der Waals surface area (Å²) in [5, 5.41) is 0. The summed E-state index contributed by atoms with van der Waals surface area (Å²) in [5.74, 6) is 0.902. The van der Waals surface area contributed by atoms with Crippen molar-refractivity contribution in [2.75, 3.05) is 0 Å². The highest BCUT2D eigenvalue weighted by Crippen LogP contribution is 2.26. The fourth-order valence-electron chi connectivity index (χ4n) is 3.80. The van der Waals surface area contributed by atoms with Gasteiger partial charge in [-0.05, 0) is 25.2 Å². The molecule has 0 rings (SSSR count). The molecule has 0 nitrogen and oxygen atoms in total. The van der Waals surface area contributed by atoms with Gasteiger partial charge in [-0.15, -0.1) is 0 Å². The van der Waals surface area contributed by atoms with Crippen LogP contribution in [0.15, 0.2) is 12.2 Å². The van der Waals surface area contributed by atoms with Crippen molar-refractivity contribution < 1.29 is 0 Å². The van der Waals surface area contributed by atoms with E-state index in [0.717, 1.165) is 12.2 Å². The van der Waals surface area contributed by atoms with Crippen molar-refractivity contribution in [3.8, 4) is 0 Å². The molecule has 2 radical (unpaired) electrons. The van der Waals surface area contributed by atoms with Crippen LogP contribution in [0.25, 0.3) is 0 Å². The van der Waals surface area contributed by atoms with Crippen molar-refractivity contribution >= 4 is 7.85 Å². The average Bonchev–Trinajstić information content (AvgIpc) is 2.61. The van der Waals surface area contributed by atoms with Crippen LogP contribution in [-0.4, -0.2) is 7.85 Å². The second kappa shape index (κ2) is 20.1. The molecule has 0 aromatic carbocycles. The predicted octanol–water partition coefficient (Wildman–Crippen LogP) is 8.81. The van der Waals surface area contributed by atoms with Crippen LogP contribution in [0, 0.1) is 5.92 Å². The van der Waals surface area contributed by atoms with Crippen LogP contribution >= 0.6 is 0 Å². The summed E-state index contributed by atoms with van der Waals surface area (Å²) in [6.45, 7) is 9.01. The van der Waals surface area contributed by atoms with Gasteiger partial charge in [0.05, 0.1) is 7.85 Å². The largest absolute Gasteiger partial charge is 0.0999 e. The average molecular weight is 346 g/mol. The van der Waals surface area contributed by atoms with Crippen molar-refractivity contribution in [3.05, 3.63) is 12.2 Å². The Bertz CT molecular complexity index is 271. The van der Waals surface area contributed by atoms with Crippen LogP contribution in [0.1, 0.15) is 129 Å². The molecule has 0 spiro atoms. The highest BCUT2D eigenvalue weighted by atomic mass is 14.2. The lowest BCUT2D eigenvalue weighted by atomic mass is 9.87. The van der Waals surface area contributed by atoms with E-state index in [4.69, 9.17) is 7.85 Å². The second-order valence-corrected chi connectivity index (χ2v) is 8.18. The smallest absolute Gasteiger partial charge is 0.0653 e. The Labute approximate surface area is 162 Å². The minimum absolute atomic E-state index is 0.846. The van der Waals surface area contributed by atoms with Gasteiger partial charge < -0.3 is 0 Å². The van der Waals surface area contributed by atoms with E-state index in [0.29, 0.717) is 0 Å². The summed E-state index contributed by atoms with van der Waals surface area (Å²) in [4.78, 5) is 0.